The zero-order chi connectivity index (χ0) is 29.7. The molecule has 220 valence electrons. The summed E-state index contributed by atoms with van der Waals surface area (Å²) in [5.41, 5.74) is 0.573. The first-order chi connectivity index (χ1) is 18.7. The first-order valence-corrected chi connectivity index (χ1v) is 13.8. The highest BCUT2D eigenvalue weighted by molar-refractivity contribution is 7.92. The summed E-state index contributed by atoms with van der Waals surface area (Å²) in [4.78, 5) is 24.5. The van der Waals surface area contributed by atoms with E-state index in [9.17, 15) is 40.3 Å². The Balaban J connectivity index is 0.000000559. The number of carboxylic acids is 2. The predicted molar refractivity (Wildman–Crippen MR) is 135 cm³/mol. The van der Waals surface area contributed by atoms with Crippen molar-refractivity contribution in [3.63, 3.8) is 0 Å². The Morgan fingerprint density at radius 2 is 1.48 bits per heavy atom. The van der Waals surface area contributed by atoms with Gasteiger partial charge < -0.3 is 20.0 Å². The molecule has 4 rings (SSSR count). The number of alkyl halides is 3. The lowest BCUT2D eigenvalue weighted by molar-refractivity contribution is -0.192. The smallest absolute Gasteiger partial charge is 0.478 e. The van der Waals surface area contributed by atoms with Gasteiger partial charge in [0.1, 0.15) is 0 Å². The first kappa shape index (κ1) is 31.1. The number of sulfonamides is 1. The van der Waals surface area contributed by atoms with E-state index in [0.717, 1.165) is 38.1 Å². The number of carboxylic acid groups (broad SMARTS) is 2. The number of aliphatic carboxylic acids is 1. The van der Waals surface area contributed by atoms with Gasteiger partial charge in [-0.25, -0.2) is 26.8 Å². The van der Waals surface area contributed by atoms with Crippen molar-refractivity contribution in [1.82, 2.24) is 4.90 Å². The van der Waals surface area contributed by atoms with Gasteiger partial charge in [-0.15, -0.1) is 0 Å². The highest BCUT2D eigenvalue weighted by Gasteiger charge is 2.38. The largest absolute Gasteiger partial charge is 0.490 e. The monoisotopic (exact) mass is 593 g/mol. The summed E-state index contributed by atoms with van der Waals surface area (Å²) in [6.07, 6.45) is 0.471. The molecule has 2 fully saturated rings. The molecule has 0 aromatic heterocycles. The Morgan fingerprint density at radius 1 is 0.875 bits per heavy atom. The highest BCUT2D eigenvalue weighted by Crippen LogP contribution is 2.33. The standard InChI is InChI=1S/C23H27F2N3O4S.C2HF3O2/c24-19-6-5-18(15-20(19)25)33(31,32)26-21-14-16(23(29)30)4-7-22(21)28-12-8-17(9-13-28)27-10-2-1-3-11-27;3-2(4,5)1(6)7/h4-7,14-15,17,26H,1-3,8-13H2,(H,29,30);(H,6,7). The molecule has 9 nitrogen and oxygen atoms in total. The molecule has 0 saturated carbocycles. The van der Waals surface area contributed by atoms with Crippen LogP contribution in [0.4, 0.5) is 33.3 Å². The summed E-state index contributed by atoms with van der Waals surface area (Å²) in [5, 5.41) is 16.5. The number of piperidine rings is 2. The topological polar surface area (TPSA) is 127 Å². The van der Waals surface area contributed by atoms with Crippen LogP contribution in [0.1, 0.15) is 42.5 Å². The molecule has 0 radical (unpaired) electrons. The van der Waals surface area contributed by atoms with Crippen molar-refractivity contribution in [3.8, 4) is 0 Å². The SMILES string of the molecule is O=C(O)C(F)(F)F.O=C(O)c1ccc(N2CCC(N3CCCCC3)CC2)c(NS(=O)(=O)c2ccc(F)c(F)c2)c1. The quantitative estimate of drug-likeness (QED) is 0.417. The number of benzene rings is 2. The van der Waals surface area contributed by atoms with E-state index in [4.69, 9.17) is 9.90 Å². The van der Waals surface area contributed by atoms with Gasteiger partial charge in [-0.3, -0.25) is 4.72 Å². The first-order valence-electron chi connectivity index (χ1n) is 12.3. The van der Waals surface area contributed by atoms with Crippen LogP contribution in [0.25, 0.3) is 0 Å². The van der Waals surface area contributed by atoms with Gasteiger partial charge >= 0.3 is 18.1 Å². The van der Waals surface area contributed by atoms with Crippen molar-refractivity contribution in [3.05, 3.63) is 53.6 Å². The van der Waals surface area contributed by atoms with E-state index in [1.807, 2.05) is 4.90 Å². The van der Waals surface area contributed by atoms with Gasteiger partial charge in [0.15, 0.2) is 11.6 Å². The number of halogens is 5. The molecule has 0 spiro atoms. The van der Waals surface area contributed by atoms with Crippen molar-refractivity contribution < 1.29 is 50.2 Å². The molecule has 2 aromatic rings. The van der Waals surface area contributed by atoms with Crippen molar-refractivity contribution in [1.29, 1.82) is 0 Å². The number of anilines is 2. The number of hydrogen-bond acceptors (Lipinski definition) is 6. The molecule has 0 bridgehead atoms. The van der Waals surface area contributed by atoms with Gasteiger partial charge in [0, 0.05) is 19.1 Å². The minimum absolute atomic E-state index is 0.0788. The number of nitrogens with zero attached hydrogens (tertiary/aromatic N) is 2. The number of hydrogen-bond donors (Lipinski definition) is 3. The zero-order valence-electron chi connectivity index (χ0n) is 21.1. The third-order valence-electron chi connectivity index (χ3n) is 6.64. The fourth-order valence-electron chi connectivity index (χ4n) is 4.63. The lowest BCUT2D eigenvalue weighted by atomic mass is 9.99. The van der Waals surface area contributed by atoms with Crippen LogP contribution < -0.4 is 9.62 Å². The lowest BCUT2D eigenvalue weighted by Gasteiger charge is -2.41. The number of likely N-dealkylation sites (tertiary alicyclic amines) is 1. The van der Waals surface area contributed by atoms with Crippen LogP contribution >= 0.6 is 0 Å². The van der Waals surface area contributed by atoms with Gasteiger partial charge in [-0.2, -0.15) is 13.2 Å². The van der Waals surface area contributed by atoms with Gasteiger partial charge in [-0.05, 0) is 75.2 Å². The maximum Gasteiger partial charge on any atom is 0.490 e. The van der Waals surface area contributed by atoms with Crippen LogP contribution in [0.2, 0.25) is 0 Å². The molecular weight excluding hydrogens is 565 g/mol. The Labute approximate surface area is 227 Å². The van der Waals surface area contributed by atoms with E-state index in [0.29, 0.717) is 30.9 Å². The Kier molecular flexibility index (Phi) is 9.95. The second-order valence-corrected chi connectivity index (χ2v) is 11.0. The van der Waals surface area contributed by atoms with Gasteiger partial charge in [-0.1, -0.05) is 6.42 Å². The minimum atomic E-state index is -5.08. The normalized spacial score (nSPS) is 17.1. The van der Waals surface area contributed by atoms with E-state index >= 15 is 0 Å². The maximum absolute atomic E-state index is 13.6. The molecular formula is C25H28F5N3O6S. The third-order valence-corrected chi connectivity index (χ3v) is 8.01. The van der Waals surface area contributed by atoms with Gasteiger partial charge in [0.05, 0.1) is 21.8 Å². The lowest BCUT2D eigenvalue weighted by Crippen LogP contribution is -2.46. The van der Waals surface area contributed by atoms with E-state index in [-0.39, 0.29) is 11.3 Å². The van der Waals surface area contributed by atoms with Crippen LogP contribution in [0.3, 0.4) is 0 Å². The fraction of sp³-hybridized carbons (Fsp3) is 0.440. The number of nitrogens with one attached hydrogen (secondary N) is 1. The molecule has 40 heavy (non-hydrogen) atoms. The molecule has 2 saturated heterocycles. The minimum Gasteiger partial charge on any atom is -0.478 e. The molecule has 3 N–H and O–H groups in total. The molecule has 2 aliphatic heterocycles. The fourth-order valence-corrected chi connectivity index (χ4v) is 5.71. The summed E-state index contributed by atoms with van der Waals surface area (Å²) < 4.78 is 86.7. The second kappa shape index (κ2) is 12.8. The number of carbonyl (C=O) groups is 2. The maximum atomic E-state index is 13.6. The average molecular weight is 594 g/mol. The number of rotatable bonds is 6. The molecule has 2 heterocycles. The predicted octanol–water partition coefficient (Wildman–Crippen LogP) is 4.55. The van der Waals surface area contributed by atoms with Crippen molar-refractivity contribution >= 4 is 33.3 Å². The molecule has 2 aliphatic rings. The van der Waals surface area contributed by atoms with Crippen molar-refractivity contribution in [2.75, 3.05) is 35.8 Å². The number of aromatic carboxylic acids is 1. The average Bonchev–Trinajstić information content (AvgIpc) is 2.90. The summed E-state index contributed by atoms with van der Waals surface area (Å²) in [5.74, 6) is -6.39. The molecule has 0 amide bonds. The molecule has 0 atom stereocenters. The van der Waals surface area contributed by atoms with Crippen LogP contribution in [-0.2, 0) is 14.8 Å². The van der Waals surface area contributed by atoms with Crippen LogP contribution in [0.5, 0.6) is 0 Å². The zero-order valence-corrected chi connectivity index (χ0v) is 21.9. The van der Waals surface area contributed by atoms with Gasteiger partial charge in [0.2, 0.25) is 0 Å². The second-order valence-electron chi connectivity index (χ2n) is 9.34. The van der Waals surface area contributed by atoms with E-state index in [1.54, 1.807) is 6.07 Å². The summed E-state index contributed by atoms with van der Waals surface area (Å²) >= 11 is 0. The summed E-state index contributed by atoms with van der Waals surface area (Å²) in [7, 11) is -4.27. The molecule has 0 aliphatic carbocycles. The Morgan fingerprint density at radius 3 is 2.00 bits per heavy atom. The van der Waals surface area contributed by atoms with E-state index in [1.165, 1.54) is 31.4 Å². The van der Waals surface area contributed by atoms with Crippen molar-refractivity contribution in [2.45, 2.75) is 49.2 Å². The van der Waals surface area contributed by atoms with E-state index < -0.39 is 44.7 Å². The summed E-state index contributed by atoms with van der Waals surface area (Å²) in [6, 6.07) is 7.07. The van der Waals surface area contributed by atoms with Gasteiger partial charge in [0.25, 0.3) is 10.0 Å². The molecule has 0 unspecified atom stereocenters. The third kappa shape index (κ3) is 8.03. The highest BCUT2D eigenvalue weighted by atomic mass is 32.2. The van der Waals surface area contributed by atoms with Crippen molar-refractivity contribution in [2.24, 2.45) is 0 Å². The summed E-state index contributed by atoms with van der Waals surface area (Å²) in [6.45, 7) is 3.62. The molecule has 2 aromatic carbocycles. The molecule has 15 heteroatoms. The van der Waals surface area contributed by atoms with E-state index in [2.05, 4.69) is 9.62 Å². The van der Waals surface area contributed by atoms with Crippen LogP contribution in [-0.4, -0.2) is 73.9 Å². The van der Waals surface area contributed by atoms with Crippen LogP contribution in [0.15, 0.2) is 41.3 Å². The Hall–Kier alpha value is -3.46. The Bertz CT molecular complexity index is 1320. The van der Waals surface area contributed by atoms with Crippen LogP contribution in [0, 0.1) is 11.6 Å².